The molecule has 53 heavy (non-hydrogen) atoms. The first-order valence-corrected chi connectivity index (χ1v) is 17.8. The molecule has 6 nitrogen and oxygen atoms in total. The Labute approximate surface area is 318 Å². The molecule has 0 aliphatic carbocycles. The lowest BCUT2D eigenvalue weighted by Gasteiger charge is -2.10. The molecule has 260 valence electrons. The minimum atomic E-state index is 0.271. The van der Waals surface area contributed by atoms with Gasteiger partial charge in [-0.1, -0.05) is 88.7 Å². The Morgan fingerprint density at radius 1 is 0.434 bits per heavy atom. The van der Waals surface area contributed by atoms with E-state index in [9.17, 15) is 5.11 Å². The molecule has 0 fully saturated rings. The summed E-state index contributed by atoms with van der Waals surface area (Å²) in [7, 11) is 0. The summed E-state index contributed by atoms with van der Waals surface area (Å²) in [5.41, 5.74) is 10.2. The number of rotatable bonds is 6. The second-order valence-electron chi connectivity index (χ2n) is 12.0. The van der Waals surface area contributed by atoms with Gasteiger partial charge in [-0.05, 0) is 110 Å². The number of hydrogen-bond acceptors (Lipinski definition) is 6. The van der Waals surface area contributed by atoms with Gasteiger partial charge in [0.05, 0.1) is 22.8 Å². The van der Waals surface area contributed by atoms with E-state index in [4.69, 9.17) is 4.74 Å². The van der Waals surface area contributed by atoms with Crippen molar-refractivity contribution in [1.82, 2.24) is 19.9 Å². The predicted octanol–water partition coefficient (Wildman–Crippen LogP) is 12.2. The van der Waals surface area contributed by atoms with Gasteiger partial charge in [0.15, 0.2) is 0 Å². The molecule has 0 aliphatic heterocycles. The number of benzene rings is 4. The van der Waals surface area contributed by atoms with Crippen molar-refractivity contribution in [1.29, 1.82) is 0 Å². The molecular weight excluding hydrogens is 720 g/mol. The normalized spacial score (nSPS) is 10.2. The molecule has 0 spiro atoms. The fourth-order valence-electron chi connectivity index (χ4n) is 5.51. The molecule has 8 aromatic rings. The van der Waals surface area contributed by atoms with Crippen molar-refractivity contribution in [2.75, 3.05) is 0 Å². The fourth-order valence-corrected chi connectivity index (χ4v) is 5.90. The minimum Gasteiger partial charge on any atom is -0.508 e. The van der Waals surface area contributed by atoms with Gasteiger partial charge in [0.1, 0.15) is 17.2 Å². The first-order chi connectivity index (χ1) is 25.9. The lowest BCUT2D eigenvalue weighted by molar-refractivity contribution is 0.475. The summed E-state index contributed by atoms with van der Waals surface area (Å²) in [6.07, 6.45) is 7.16. The smallest absolute Gasteiger partial charge is 0.128 e. The van der Waals surface area contributed by atoms with Crippen LogP contribution in [0.15, 0.2) is 187 Å². The fraction of sp³-hybridized carbons (Fsp3) is 0.0435. The van der Waals surface area contributed by atoms with Crippen LogP contribution in [-0.2, 0) is 0 Å². The number of phenolic OH excluding ortho intramolecular Hbond substituents is 1. The number of halogens is 1. The second-order valence-corrected chi connectivity index (χ2v) is 12.9. The zero-order valence-corrected chi connectivity index (χ0v) is 30.9. The average molecular weight is 758 g/mol. The molecule has 0 saturated carbocycles. The maximum atomic E-state index is 9.34. The zero-order chi connectivity index (χ0) is 36.8. The van der Waals surface area contributed by atoms with E-state index in [-0.39, 0.29) is 5.75 Å². The summed E-state index contributed by atoms with van der Waals surface area (Å²) in [6.45, 7) is 4.07. The van der Waals surface area contributed by atoms with Crippen LogP contribution in [0, 0.1) is 13.8 Å². The lowest BCUT2D eigenvalue weighted by atomic mass is 10.1. The van der Waals surface area contributed by atoms with E-state index in [2.05, 4.69) is 54.9 Å². The van der Waals surface area contributed by atoms with Gasteiger partial charge in [-0.25, -0.2) is 0 Å². The highest BCUT2D eigenvalue weighted by atomic mass is 79.9. The Bertz CT molecular complexity index is 2390. The van der Waals surface area contributed by atoms with Gasteiger partial charge in [0.2, 0.25) is 0 Å². The third kappa shape index (κ3) is 10.3. The molecule has 4 aromatic carbocycles. The Morgan fingerprint density at radius 3 is 1.42 bits per heavy atom. The Morgan fingerprint density at radius 2 is 0.906 bits per heavy atom. The van der Waals surface area contributed by atoms with Crippen molar-refractivity contribution in [2.45, 2.75) is 13.8 Å². The van der Waals surface area contributed by atoms with E-state index < -0.39 is 0 Å². The van der Waals surface area contributed by atoms with Crippen molar-refractivity contribution in [3.63, 3.8) is 0 Å². The van der Waals surface area contributed by atoms with Crippen LogP contribution >= 0.6 is 15.9 Å². The minimum absolute atomic E-state index is 0.271. The average Bonchev–Trinajstić information content (AvgIpc) is 3.20. The van der Waals surface area contributed by atoms with Crippen LogP contribution in [0.5, 0.6) is 17.2 Å². The van der Waals surface area contributed by atoms with Crippen LogP contribution in [0.2, 0.25) is 0 Å². The summed E-state index contributed by atoms with van der Waals surface area (Å²) >= 11 is 3.43. The van der Waals surface area contributed by atoms with Crippen LogP contribution in [0.4, 0.5) is 0 Å². The summed E-state index contributed by atoms with van der Waals surface area (Å²) in [5.74, 6) is 1.83. The highest BCUT2D eigenvalue weighted by Crippen LogP contribution is 2.30. The maximum absolute atomic E-state index is 9.34. The van der Waals surface area contributed by atoms with Gasteiger partial charge >= 0.3 is 0 Å². The van der Waals surface area contributed by atoms with Crippen molar-refractivity contribution >= 4 is 15.9 Å². The molecule has 7 heteroatoms. The quantitative estimate of drug-likeness (QED) is 0.182. The highest BCUT2D eigenvalue weighted by molar-refractivity contribution is 9.10. The molecule has 0 amide bonds. The third-order valence-corrected chi connectivity index (χ3v) is 8.55. The number of aryl methyl sites for hydroxylation is 2. The molecule has 0 bridgehead atoms. The van der Waals surface area contributed by atoms with Gasteiger partial charge in [-0.3, -0.25) is 19.9 Å². The zero-order valence-electron chi connectivity index (χ0n) is 29.3. The second kappa shape index (κ2) is 18.2. The van der Waals surface area contributed by atoms with Crippen molar-refractivity contribution in [3.05, 3.63) is 198 Å². The van der Waals surface area contributed by atoms with Crippen LogP contribution in [0.25, 0.3) is 45.0 Å². The number of aromatic hydroxyl groups is 1. The standard InChI is InChI=1S/C23H18N2O.C12H11NO.C11H8BrN/c1-17-7-6-14-25-23(17)19-9-5-11-21(16-19)26-20-10-4-8-18(15-20)22-12-2-3-13-24-22;1-9-4-3-7-13-12(9)10-5-2-6-11(14)8-10;12-10-5-3-4-9(8-10)11-6-1-2-7-13-11/h2-16H,1H3;2-8,14H,1H3;1-8H. The predicted molar refractivity (Wildman–Crippen MR) is 218 cm³/mol. The molecule has 0 atom stereocenters. The Kier molecular flexibility index (Phi) is 12.5. The lowest BCUT2D eigenvalue weighted by Crippen LogP contribution is -1.90. The summed E-state index contributed by atoms with van der Waals surface area (Å²) in [6, 6.07) is 50.9. The summed E-state index contributed by atoms with van der Waals surface area (Å²) in [4.78, 5) is 17.4. The van der Waals surface area contributed by atoms with E-state index in [0.29, 0.717) is 0 Å². The van der Waals surface area contributed by atoms with E-state index in [0.717, 1.165) is 72.1 Å². The molecule has 0 aliphatic rings. The maximum Gasteiger partial charge on any atom is 0.128 e. The molecule has 0 unspecified atom stereocenters. The number of nitrogens with zero attached hydrogens (tertiary/aromatic N) is 4. The van der Waals surface area contributed by atoms with Gasteiger partial charge in [0, 0.05) is 51.5 Å². The van der Waals surface area contributed by atoms with E-state index in [1.165, 1.54) is 0 Å². The Hall–Kier alpha value is -6.44. The van der Waals surface area contributed by atoms with Crippen LogP contribution < -0.4 is 4.74 Å². The monoisotopic (exact) mass is 756 g/mol. The van der Waals surface area contributed by atoms with Crippen molar-refractivity contribution in [3.8, 4) is 62.3 Å². The first kappa shape index (κ1) is 36.4. The van der Waals surface area contributed by atoms with E-state index >= 15 is 0 Å². The molecule has 4 aromatic heterocycles. The Balaban J connectivity index is 0.000000150. The van der Waals surface area contributed by atoms with Gasteiger partial charge in [0.25, 0.3) is 0 Å². The number of ether oxygens (including phenoxy) is 1. The van der Waals surface area contributed by atoms with E-state index in [1.54, 1.807) is 30.7 Å². The molecule has 0 radical (unpaired) electrons. The number of phenols is 1. The molecule has 1 N–H and O–H groups in total. The van der Waals surface area contributed by atoms with Crippen LogP contribution in [0.1, 0.15) is 11.1 Å². The largest absolute Gasteiger partial charge is 0.508 e. The SMILES string of the molecule is Brc1cccc(-c2ccccn2)c1.Cc1cccnc1-c1cccc(O)c1.Cc1cccnc1-c1cccc(Oc2cccc(-c3ccccn3)c2)c1. The van der Waals surface area contributed by atoms with Crippen LogP contribution in [0.3, 0.4) is 0 Å². The van der Waals surface area contributed by atoms with Crippen LogP contribution in [-0.4, -0.2) is 25.0 Å². The topological polar surface area (TPSA) is 81.0 Å². The van der Waals surface area contributed by atoms with Gasteiger partial charge in [-0.15, -0.1) is 0 Å². The van der Waals surface area contributed by atoms with Crippen molar-refractivity contribution in [2.24, 2.45) is 0 Å². The number of pyridine rings is 4. The molecular formula is C46H37BrN4O2. The number of aromatic nitrogens is 4. The van der Waals surface area contributed by atoms with Crippen molar-refractivity contribution < 1.29 is 9.84 Å². The third-order valence-electron chi connectivity index (χ3n) is 8.06. The highest BCUT2D eigenvalue weighted by Gasteiger charge is 2.07. The molecule has 4 heterocycles. The molecule has 0 saturated heterocycles. The van der Waals surface area contributed by atoms with Gasteiger partial charge < -0.3 is 9.84 Å². The summed E-state index contributed by atoms with van der Waals surface area (Å²) < 4.78 is 7.17. The summed E-state index contributed by atoms with van der Waals surface area (Å²) in [5, 5.41) is 9.34. The van der Waals surface area contributed by atoms with Gasteiger partial charge in [-0.2, -0.15) is 0 Å². The number of hydrogen-bond donors (Lipinski definition) is 1. The first-order valence-electron chi connectivity index (χ1n) is 17.0. The molecule has 8 rings (SSSR count). The van der Waals surface area contributed by atoms with E-state index in [1.807, 2.05) is 147 Å².